The molecule has 0 aromatic heterocycles. The van der Waals surface area contributed by atoms with E-state index < -0.39 is 12.5 Å². The number of nitrogens with one attached hydrogen (secondary N) is 1. The first-order valence-corrected chi connectivity index (χ1v) is 4.20. The van der Waals surface area contributed by atoms with E-state index in [-0.39, 0.29) is 0 Å². The van der Waals surface area contributed by atoms with E-state index >= 15 is 0 Å². The summed E-state index contributed by atoms with van der Waals surface area (Å²) in [6, 6.07) is -0.688. The summed E-state index contributed by atoms with van der Waals surface area (Å²) in [5, 5.41) is 2.76. The summed E-state index contributed by atoms with van der Waals surface area (Å²) in [5.41, 5.74) is 0. The quantitative estimate of drug-likeness (QED) is 0.617. The van der Waals surface area contributed by atoms with Crippen LogP contribution in [0.3, 0.4) is 0 Å². The zero-order chi connectivity index (χ0) is 9.56. The molecular formula is C8H18F2N2. The molecule has 74 valence electrons. The molecular weight excluding hydrogens is 162 g/mol. The lowest BCUT2D eigenvalue weighted by Crippen LogP contribution is -2.34. The van der Waals surface area contributed by atoms with Gasteiger partial charge in [-0.1, -0.05) is 0 Å². The van der Waals surface area contributed by atoms with Gasteiger partial charge in [0.05, 0.1) is 6.04 Å². The zero-order valence-corrected chi connectivity index (χ0v) is 7.98. The highest BCUT2D eigenvalue weighted by Crippen LogP contribution is 1.98. The van der Waals surface area contributed by atoms with Crippen LogP contribution in [-0.2, 0) is 0 Å². The van der Waals surface area contributed by atoms with Crippen LogP contribution < -0.4 is 5.32 Å². The van der Waals surface area contributed by atoms with Crippen LogP contribution in [0, 0.1) is 0 Å². The third kappa shape index (κ3) is 6.49. The number of rotatable bonds is 6. The van der Waals surface area contributed by atoms with Crippen LogP contribution in [0.4, 0.5) is 8.78 Å². The molecule has 0 radical (unpaired) electrons. The summed E-state index contributed by atoms with van der Waals surface area (Å²) in [6.07, 6.45) is -1.35. The Kier molecular flexibility index (Phi) is 6.20. The maximum Gasteiger partial charge on any atom is 0.253 e. The maximum absolute atomic E-state index is 11.9. The van der Waals surface area contributed by atoms with Gasteiger partial charge in [-0.05, 0) is 40.5 Å². The summed E-state index contributed by atoms with van der Waals surface area (Å²) < 4.78 is 23.9. The van der Waals surface area contributed by atoms with E-state index in [1.165, 1.54) is 6.92 Å². The minimum Gasteiger partial charge on any atom is -0.309 e. The van der Waals surface area contributed by atoms with Crippen LogP contribution in [0.25, 0.3) is 0 Å². The second-order valence-corrected chi connectivity index (χ2v) is 3.23. The van der Waals surface area contributed by atoms with Crippen molar-refractivity contribution in [3.05, 3.63) is 0 Å². The van der Waals surface area contributed by atoms with Gasteiger partial charge in [0, 0.05) is 0 Å². The zero-order valence-electron chi connectivity index (χ0n) is 7.98. The molecule has 0 aliphatic rings. The average Bonchev–Trinajstić information content (AvgIpc) is 1.97. The lowest BCUT2D eigenvalue weighted by molar-refractivity contribution is 0.106. The van der Waals surface area contributed by atoms with Crippen LogP contribution in [0.1, 0.15) is 13.3 Å². The Morgan fingerprint density at radius 2 is 1.92 bits per heavy atom. The van der Waals surface area contributed by atoms with Gasteiger partial charge in [0.2, 0.25) is 0 Å². The van der Waals surface area contributed by atoms with E-state index in [1.807, 2.05) is 19.0 Å². The molecule has 0 rings (SSSR count). The first-order chi connectivity index (χ1) is 5.54. The van der Waals surface area contributed by atoms with Crippen molar-refractivity contribution in [1.82, 2.24) is 10.2 Å². The Bertz CT molecular complexity index is 107. The molecule has 0 saturated carbocycles. The fourth-order valence-corrected chi connectivity index (χ4v) is 0.814. The van der Waals surface area contributed by atoms with E-state index in [2.05, 4.69) is 5.32 Å². The number of hydrogen-bond acceptors (Lipinski definition) is 2. The van der Waals surface area contributed by atoms with E-state index in [9.17, 15) is 8.78 Å². The highest BCUT2D eigenvalue weighted by Gasteiger charge is 2.12. The fraction of sp³-hybridized carbons (Fsp3) is 1.00. The van der Waals surface area contributed by atoms with Gasteiger partial charge in [0.25, 0.3) is 6.43 Å². The highest BCUT2D eigenvalue weighted by atomic mass is 19.3. The van der Waals surface area contributed by atoms with Gasteiger partial charge >= 0.3 is 0 Å². The standard InChI is InChI=1S/C8H18F2N2/c1-7(8(9)10)11-5-4-6-12(2)3/h7-8,11H,4-6H2,1-3H3. The van der Waals surface area contributed by atoms with Crippen molar-refractivity contribution in [2.45, 2.75) is 25.8 Å². The SMILES string of the molecule is CC(NCCCN(C)C)C(F)F. The van der Waals surface area contributed by atoms with Crippen LogP contribution >= 0.6 is 0 Å². The van der Waals surface area contributed by atoms with Crippen molar-refractivity contribution in [2.24, 2.45) is 0 Å². The monoisotopic (exact) mass is 180 g/mol. The van der Waals surface area contributed by atoms with Crippen LogP contribution in [0.5, 0.6) is 0 Å². The highest BCUT2D eigenvalue weighted by molar-refractivity contribution is 4.62. The second-order valence-electron chi connectivity index (χ2n) is 3.23. The molecule has 2 nitrogen and oxygen atoms in total. The van der Waals surface area contributed by atoms with Crippen molar-refractivity contribution in [2.75, 3.05) is 27.2 Å². The Morgan fingerprint density at radius 3 is 2.33 bits per heavy atom. The molecule has 0 amide bonds. The normalized spacial score (nSPS) is 14.2. The van der Waals surface area contributed by atoms with Gasteiger partial charge in [0.1, 0.15) is 0 Å². The van der Waals surface area contributed by atoms with Crippen molar-refractivity contribution in [1.29, 1.82) is 0 Å². The molecule has 1 N–H and O–H groups in total. The summed E-state index contributed by atoms with van der Waals surface area (Å²) in [6.45, 7) is 3.09. The second kappa shape index (κ2) is 6.31. The molecule has 0 spiro atoms. The van der Waals surface area contributed by atoms with E-state index in [0.717, 1.165) is 13.0 Å². The van der Waals surface area contributed by atoms with Gasteiger partial charge in [0.15, 0.2) is 0 Å². The summed E-state index contributed by atoms with van der Waals surface area (Å²) in [7, 11) is 3.94. The molecule has 0 fully saturated rings. The van der Waals surface area contributed by atoms with E-state index in [1.54, 1.807) is 0 Å². The first-order valence-electron chi connectivity index (χ1n) is 4.20. The molecule has 0 aliphatic heterocycles. The molecule has 0 aromatic rings. The molecule has 12 heavy (non-hydrogen) atoms. The number of nitrogens with zero attached hydrogens (tertiary/aromatic N) is 1. The molecule has 4 heteroatoms. The smallest absolute Gasteiger partial charge is 0.253 e. The van der Waals surface area contributed by atoms with E-state index in [4.69, 9.17) is 0 Å². The third-order valence-electron chi connectivity index (χ3n) is 1.63. The predicted molar refractivity (Wildman–Crippen MR) is 46.6 cm³/mol. The fourth-order valence-electron chi connectivity index (χ4n) is 0.814. The van der Waals surface area contributed by atoms with Gasteiger partial charge in [-0.25, -0.2) is 8.78 Å². The van der Waals surface area contributed by atoms with Crippen molar-refractivity contribution >= 4 is 0 Å². The molecule has 1 atom stereocenters. The minimum absolute atomic E-state index is 0.656. The first kappa shape index (κ1) is 11.8. The lowest BCUT2D eigenvalue weighted by Gasteiger charge is -2.14. The van der Waals surface area contributed by atoms with Gasteiger partial charge in [-0.15, -0.1) is 0 Å². The van der Waals surface area contributed by atoms with Gasteiger partial charge in [-0.3, -0.25) is 0 Å². The Balaban J connectivity index is 3.20. The topological polar surface area (TPSA) is 15.3 Å². The average molecular weight is 180 g/mol. The van der Waals surface area contributed by atoms with E-state index in [0.29, 0.717) is 6.54 Å². The number of halogens is 2. The molecule has 0 aliphatic carbocycles. The minimum atomic E-state index is -2.26. The van der Waals surface area contributed by atoms with Gasteiger partial charge in [-0.2, -0.15) is 0 Å². The largest absolute Gasteiger partial charge is 0.309 e. The summed E-state index contributed by atoms with van der Waals surface area (Å²) in [4.78, 5) is 2.04. The molecule has 0 aromatic carbocycles. The Labute approximate surface area is 72.9 Å². The Hall–Kier alpha value is -0.220. The summed E-state index contributed by atoms with van der Waals surface area (Å²) in [5.74, 6) is 0. The van der Waals surface area contributed by atoms with Crippen molar-refractivity contribution < 1.29 is 8.78 Å². The predicted octanol–water partition coefficient (Wildman–Crippen LogP) is 1.18. The number of alkyl halides is 2. The maximum atomic E-state index is 11.9. The van der Waals surface area contributed by atoms with Crippen molar-refractivity contribution in [3.63, 3.8) is 0 Å². The summed E-state index contributed by atoms with van der Waals surface area (Å²) >= 11 is 0. The van der Waals surface area contributed by atoms with Crippen LogP contribution in [0.2, 0.25) is 0 Å². The Morgan fingerprint density at radius 1 is 1.33 bits per heavy atom. The lowest BCUT2D eigenvalue weighted by atomic mass is 10.3. The molecule has 0 bridgehead atoms. The molecule has 1 unspecified atom stereocenters. The number of hydrogen-bond donors (Lipinski definition) is 1. The molecule has 0 heterocycles. The van der Waals surface area contributed by atoms with Gasteiger partial charge < -0.3 is 10.2 Å². The van der Waals surface area contributed by atoms with Crippen LogP contribution in [-0.4, -0.2) is 44.6 Å². The van der Waals surface area contributed by atoms with Crippen LogP contribution in [0.15, 0.2) is 0 Å². The third-order valence-corrected chi connectivity index (χ3v) is 1.63. The van der Waals surface area contributed by atoms with Crippen molar-refractivity contribution in [3.8, 4) is 0 Å². The molecule has 0 saturated heterocycles.